The van der Waals surface area contributed by atoms with Gasteiger partial charge in [0.2, 0.25) is 23.6 Å². The quantitative estimate of drug-likeness (QED) is 0.0200. The number of amides is 5. The maximum absolute atomic E-state index is 16.1. The Morgan fingerprint density at radius 1 is 0.920 bits per heavy atom. The molecular formula is C62H77FN14O10S. The van der Waals surface area contributed by atoms with Gasteiger partial charge < -0.3 is 50.8 Å². The molecule has 24 nitrogen and oxygen atoms in total. The Bertz CT molecular complexity index is 3450. The van der Waals surface area contributed by atoms with E-state index in [1.165, 1.54) is 34.6 Å². The number of ketones is 1. The zero-order valence-corrected chi connectivity index (χ0v) is 50.8. The second kappa shape index (κ2) is 30.1. The normalized spacial score (nSPS) is 17.1. The number of rotatable bonds is 30. The minimum atomic E-state index is -1.10. The first-order valence-corrected chi connectivity index (χ1v) is 30.5. The van der Waals surface area contributed by atoms with Crippen molar-refractivity contribution in [3.05, 3.63) is 126 Å². The number of benzene rings is 2. The highest BCUT2D eigenvalue weighted by molar-refractivity contribution is 7.13. The van der Waals surface area contributed by atoms with Gasteiger partial charge in [0.05, 0.1) is 110 Å². The number of carbonyl (C=O) groups is 6. The monoisotopic (exact) mass is 1230 g/mol. The van der Waals surface area contributed by atoms with E-state index >= 15 is 4.39 Å². The van der Waals surface area contributed by atoms with Crippen LogP contribution in [-0.2, 0) is 38.2 Å². The topological polar surface area (TPSA) is 297 Å². The van der Waals surface area contributed by atoms with Gasteiger partial charge in [-0.1, -0.05) is 44.7 Å². The van der Waals surface area contributed by atoms with Crippen LogP contribution in [0.1, 0.15) is 85.7 Å². The summed E-state index contributed by atoms with van der Waals surface area (Å²) >= 11 is 1.50. The number of piperazine rings is 1. The molecule has 88 heavy (non-hydrogen) atoms. The summed E-state index contributed by atoms with van der Waals surface area (Å²) in [6, 6.07) is 9.95. The van der Waals surface area contributed by atoms with Crippen LogP contribution < -0.4 is 26.6 Å². The highest BCUT2D eigenvalue weighted by atomic mass is 32.1. The average Bonchev–Trinajstić information content (AvgIpc) is 1.69. The van der Waals surface area contributed by atoms with Gasteiger partial charge in [-0.15, -0.1) is 11.3 Å². The number of aryl methyl sites for hydroxylation is 1. The van der Waals surface area contributed by atoms with E-state index in [0.717, 1.165) is 45.9 Å². The summed E-state index contributed by atoms with van der Waals surface area (Å²) in [6.45, 7) is 14.7. The van der Waals surface area contributed by atoms with Crippen molar-refractivity contribution in [2.24, 2.45) is 17.6 Å². The minimum absolute atomic E-state index is 0.0422. The molecule has 2 saturated heterocycles. The van der Waals surface area contributed by atoms with E-state index in [1.807, 2.05) is 46.7 Å². The molecule has 1 aliphatic carbocycles. The SMILES string of the molecule is C=CN(c1ccc(C(=O)N2CCN(CC(=O)NCCOCCOCCOCCNC(=O)CC(NC(=O)C3CC(O)CN3C(=O)[C@@H](C(=O)C=C(C)N)C(C)C)c3ccc(-c4scnc4C)cc3)CC2)cc1F)c1nc(C2CC2)cn2c(-c3cn[nH]c3)cnc12. The zero-order chi connectivity index (χ0) is 62.4. The number of fused-ring (bicyclic) bond motifs is 1. The molecule has 7 N–H and O–H groups in total. The maximum Gasteiger partial charge on any atom is 0.254 e. The van der Waals surface area contributed by atoms with Crippen molar-refractivity contribution in [3.8, 4) is 21.7 Å². The number of imidazole rings is 1. The van der Waals surface area contributed by atoms with Crippen molar-refractivity contribution in [2.45, 2.75) is 77.5 Å². The summed E-state index contributed by atoms with van der Waals surface area (Å²) in [5.41, 5.74) is 13.6. The predicted molar refractivity (Wildman–Crippen MR) is 327 cm³/mol. The Kier molecular flexibility index (Phi) is 22.0. The summed E-state index contributed by atoms with van der Waals surface area (Å²) in [5, 5.41) is 26.3. The lowest BCUT2D eigenvalue weighted by atomic mass is 9.89. The number of allylic oxidation sites excluding steroid dienone is 2. The van der Waals surface area contributed by atoms with Crippen LogP contribution in [0.25, 0.3) is 27.3 Å². The first kappa shape index (κ1) is 64.2. The van der Waals surface area contributed by atoms with Crippen molar-refractivity contribution >= 4 is 63.8 Å². The number of aromatic amines is 1. The number of aliphatic hydroxyl groups excluding tert-OH is 1. The summed E-state index contributed by atoms with van der Waals surface area (Å²) in [4.78, 5) is 102. The van der Waals surface area contributed by atoms with Crippen LogP contribution in [-0.4, -0.2) is 189 Å². The number of anilines is 2. The highest BCUT2D eigenvalue weighted by Crippen LogP contribution is 2.42. The van der Waals surface area contributed by atoms with Crippen LogP contribution in [0.4, 0.5) is 15.9 Å². The Morgan fingerprint density at radius 2 is 1.61 bits per heavy atom. The van der Waals surface area contributed by atoms with Crippen molar-refractivity contribution in [2.75, 3.05) is 96.9 Å². The first-order chi connectivity index (χ1) is 42.5. The number of ether oxygens (including phenoxy) is 3. The number of aromatic nitrogens is 6. The Balaban J connectivity index is 0.644. The van der Waals surface area contributed by atoms with Gasteiger partial charge in [0.25, 0.3) is 5.91 Å². The van der Waals surface area contributed by atoms with Gasteiger partial charge in [0.1, 0.15) is 17.8 Å². The van der Waals surface area contributed by atoms with Crippen LogP contribution in [0.2, 0.25) is 0 Å². The molecule has 3 fully saturated rings. The van der Waals surface area contributed by atoms with E-state index in [9.17, 15) is 33.9 Å². The van der Waals surface area contributed by atoms with E-state index in [-0.39, 0.29) is 93.6 Å². The van der Waals surface area contributed by atoms with E-state index in [4.69, 9.17) is 24.9 Å². The van der Waals surface area contributed by atoms with Crippen molar-refractivity contribution in [1.29, 1.82) is 0 Å². The van der Waals surface area contributed by atoms with Gasteiger partial charge in [-0.05, 0) is 61.9 Å². The zero-order valence-electron chi connectivity index (χ0n) is 50.0. The lowest BCUT2D eigenvalue weighted by molar-refractivity contribution is -0.146. The minimum Gasteiger partial charge on any atom is -0.402 e. The molecular weight excluding hydrogens is 1150 g/mol. The third kappa shape index (κ3) is 16.3. The summed E-state index contributed by atoms with van der Waals surface area (Å²) in [5.74, 6) is -3.89. The first-order valence-electron chi connectivity index (χ1n) is 29.6. The number of H-pyrrole nitrogens is 1. The molecule has 0 bridgehead atoms. The van der Waals surface area contributed by atoms with Crippen LogP contribution in [0, 0.1) is 24.6 Å². The fourth-order valence-electron chi connectivity index (χ4n) is 10.8. The van der Waals surface area contributed by atoms with Crippen molar-refractivity contribution < 1.29 is 52.5 Å². The van der Waals surface area contributed by atoms with Crippen LogP contribution in [0.5, 0.6) is 0 Å². The molecule has 6 aromatic rings. The summed E-state index contributed by atoms with van der Waals surface area (Å²) < 4.78 is 34.9. The molecule has 5 amide bonds. The molecule has 2 aliphatic heterocycles. The molecule has 6 heterocycles. The second-order valence-corrected chi connectivity index (χ2v) is 23.3. The summed E-state index contributed by atoms with van der Waals surface area (Å²) in [6.07, 6.45) is 10.7. The maximum atomic E-state index is 16.1. The van der Waals surface area contributed by atoms with E-state index < -0.39 is 53.4 Å². The molecule has 468 valence electrons. The largest absolute Gasteiger partial charge is 0.402 e. The molecule has 2 aromatic carbocycles. The van der Waals surface area contributed by atoms with Gasteiger partial charge in [-0.3, -0.25) is 48.1 Å². The van der Waals surface area contributed by atoms with E-state index in [0.29, 0.717) is 68.9 Å². The lowest BCUT2D eigenvalue weighted by Crippen LogP contribution is -2.51. The second-order valence-electron chi connectivity index (χ2n) is 22.5. The molecule has 4 aromatic heterocycles. The average molecular weight is 1230 g/mol. The molecule has 1 saturated carbocycles. The van der Waals surface area contributed by atoms with Crippen LogP contribution in [0.3, 0.4) is 0 Å². The number of halogens is 1. The fourth-order valence-corrected chi connectivity index (χ4v) is 11.7. The third-order valence-electron chi connectivity index (χ3n) is 15.6. The smallest absolute Gasteiger partial charge is 0.254 e. The van der Waals surface area contributed by atoms with Gasteiger partial charge in [0, 0.05) is 99.6 Å². The number of hydrogen-bond donors (Lipinski definition) is 6. The van der Waals surface area contributed by atoms with Gasteiger partial charge >= 0.3 is 0 Å². The molecule has 4 atom stereocenters. The lowest BCUT2D eigenvalue weighted by Gasteiger charge is -2.34. The van der Waals surface area contributed by atoms with Gasteiger partial charge in [-0.25, -0.2) is 19.3 Å². The number of likely N-dealkylation sites (tertiary alicyclic amines) is 1. The van der Waals surface area contributed by atoms with E-state index in [2.05, 4.69) is 42.7 Å². The number of hydrogen-bond acceptors (Lipinski definition) is 18. The third-order valence-corrected chi connectivity index (χ3v) is 16.5. The number of nitrogens with zero attached hydrogens (tertiary/aromatic N) is 9. The van der Waals surface area contributed by atoms with Crippen LogP contribution >= 0.6 is 11.3 Å². The molecule has 9 rings (SSSR count). The van der Waals surface area contributed by atoms with Gasteiger partial charge in [0.15, 0.2) is 17.2 Å². The van der Waals surface area contributed by atoms with E-state index in [1.54, 1.807) is 66.8 Å². The van der Waals surface area contributed by atoms with Crippen molar-refractivity contribution in [3.63, 3.8) is 0 Å². The number of nitrogens with one attached hydrogen (secondary N) is 4. The molecule has 3 unspecified atom stereocenters. The summed E-state index contributed by atoms with van der Waals surface area (Å²) in [7, 11) is 0. The predicted octanol–water partition coefficient (Wildman–Crippen LogP) is 4.80. The standard InChI is InChI=1S/C62H77FN14O10S/c1-6-75(59-58-67-33-52(45-31-69-70-32-45)76(58)35-49(71-59)42-7-8-42)50-14-13-44(28-47(50)63)61(83)74-19-17-73(18-20-74)36-55(81)66-16-22-86-24-26-87-25-23-85-21-15-65-54(80)30-48(41-9-11-43(12-10-41)57-40(5)68-37-88-57)72-60(82)51-29-46(78)34-77(51)62(84)56(38(2)3)53(79)27-39(4)64/h6,9-14,27-28,31-33,35,37-38,42,46,48,51,56,78H,1,7-8,15-26,29-30,34,36,64H2,2-5H3,(H,65,80)(H,66,81)(H,69,70)(H,72,82)/t46?,48?,51?,56-/m1/s1. The Labute approximate surface area is 513 Å². The molecule has 0 spiro atoms. The molecule has 26 heteroatoms. The number of nitrogens with two attached hydrogens (primary N) is 1. The number of thiazole rings is 1. The fraction of sp³-hybridized carbons (Fsp3) is 0.452. The van der Waals surface area contributed by atoms with Crippen LogP contribution in [0.15, 0.2) is 97.3 Å². The van der Waals surface area contributed by atoms with Gasteiger partial charge in [-0.2, -0.15) is 5.10 Å². The number of β-amino-alcohol motifs (C(OH)–C–C–N with tert-alkyl or cyclic N) is 1. The Morgan fingerprint density at radius 3 is 2.23 bits per heavy atom. The number of aliphatic hydroxyl groups is 1. The molecule has 0 radical (unpaired) electrons. The van der Waals surface area contributed by atoms with Crippen molar-refractivity contribution in [1.82, 2.24) is 60.2 Å². The highest BCUT2D eigenvalue weighted by Gasteiger charge is 2.44. The number of carbonyl (C=O) groups excluding carboxylic acids is 6. The molecule has 3 aliphatic rings. The Hall–Kier alpha value is -8.27.